The lowest BCUT2D eigenvalue weighted by atomic mass is 10.1. The van der Waals surface area contributed by atoms with Crippen LogP contribution in [0.15, 0.2) is 29.9 Å². The topological polar surface area (TPSA) is 107 Å². The summed E-state index contributed by atoms with van der Waals surface area (Å²) in [5, 5.41) is 12.6. The molecule has 2 aliphatic heterocycles. The minimum Gasteiger partial charge on any atom is -0.394 e. The van der Waals surface area contributed by atoms with Crippen molar-refractivity contribution in [2.24, 2.45) is 0 Å². The van der Waals surface area contributed by atoms with Crippen LogP contribution in [0.4, 0.5) is 5.82 Å². The normalized spacial score (nSPS) is 21.1. The van der Waals surface area contributed by atoms with Gasteiger partial charge in [0.1, 0.15) is 11.2 Å². The molecule has 2 saturated heterocycles. The highest BCUT2D eigenvalue weighted by molar-refractivity contribution is 7.18. The number of hydrogen-bond donors (Lipinski definition) is 2. The molecule has 0 unspecified atom stereocenters. The molecule has 1 amide bonds. The molecule has 0 radical (unpaired) electrons. The van der Waals surface area contributed by atoms with Crippen LogP contribution >= 0.6 is 11.3 Å². The maximum absolute atomic E-state index is 13.6. The van der Waals surface area contributed by atoms with Gasteiger partial charge in [0.2, 0.25) is 0 Å². The summed E-state index contributed by atoms with van der Waals surface area (Å²) >= 11 is 1.51. The van der Waals surface area contributed by atoms with E-state index in [1.165, 1.54) is 11.3 Å². The van der Waals surface area contributed by atoms with Crippen LogP contribution in [0.3, 0.4) is 0 Å². The SMILES string of the molecule is C[C@@H]1COCCN1c1nc(-c2ccnc3[nH]ccc23)nc2c(C(=O)N3CCC[C@H]3CO)csc12. The number of likely N-dealkylation sites (tertiary alicyclic amines) is 1. The van der Waals surface area contributed by atoms with Crippen molar-refractivity contribution in [1.29, 1.82) is 0 Å². The Labute approximate surface area is 200 Å². The van der Waals surface area contributed by atoms with E-state index in [0.717, 1.165) is 46.5 Å². The molecule has 176 valence electrons. The summed E-state index contributed by atoms with van der Waals surface area (Å²) in [6, 6.07) is 3.91. The number of aromatic amines is 1. The van der Waals surface area contributed by atoms with Gasteiger partial charge in [0.05, 0.1) is 42.2 Å². The maximum Gasteiger partial charge on any atom is 0.257 e. The second-order valence-corrected chi connectivity index (χ2v) is 9.77. The lowest BCUT2D eigenvalue weighted by Crippen LogP contribution is -2.44. The van der Waals surface area contributed by atoms with Crippen molar-refractivity contribution in [3.8, 4) is 11.4 Å². The molecule has 9 nitrogen and oxygen atoms in total. The van der Waals surface area contributed by atoms with Crippen molar-refractivity contribution < 1.29 is 14.6 Å². The average molecular weight is 479 g/mol. The van der Waals surface area contributed by atoms with Gasteiger partial charge < -0.3 is 24.6 Å². The van der Waals surface area contributed by atoms with Gasteiger partial charge in [-0.1, -0.05) is 0 Å². The number of aromatic nitrogens is 4. The lowest BCUT2D eigenvalue weighted by molar-refractivity contribution is 0.0680. The lowest BCUT2D eigenvalue weighted by Gasteiger charge is -2.34. The number of carbonyl (C=O) groups excluding carboxylic acids is 1. The van der Waals surface area contributed by atoms with Crippen LogP contribution in [-0.4, -0.2) is 80.8 Å². The first kappa shape index (κ1) is 21.5. The first-order valence-electron chi connectivity index (χ1n) is 11.6. The van der Waals surface area contributed by atoms with Crippen LogP contribution in [0.25, 0.3) is 32.6 Å². The summed E-state index contributed by atoms with van der Waals surface area (Å²) in [7, 11) is 0. The van der Waals surface area contributed by atoms with E-state index in [1.54, 1.807) is 11.1 Å². The van der Waals surface area contributed by atoms with Crippen molar-refractivity contribution in [2.45, 2.75) is 31.8 Å². The number of fused-ring (bicyclic) bond motifs is 2. The van der Waals surface area contributed by atoms with Crippen LogP contribution in [0, 0.1) is 0 Å². The summed E-state index contributed by atoms with van der Waals surface area (Å²) in [4.78, 5) is 35.2. The Kier molecular flexibility index (Phi) is 5.43. The molecular formula is C24H26N6O3S. The number of nitrogens with one attached hydrogen (secondary N) is 1. The molecule has 34 heavy (non-hydrogen) atoms. The van der Waals surface area contributed by atoms with Crippen molar-refractivity contribution in [3.63, 3.8) is 0 Å². The van der Waals surface area contributed by atoms with Crippen molar-refractivity contribution in [2.75, 3.05) is 37.8 Å². The fraction of sp³-hybridized carbons (Fsp3) is 0.417. The second-order valence-electron chi connectivity index (χ2n) is 8.89. The van der Waals surface area contributed by atoms with E-state index in [0.29, 0.717) is 36.7 Å². The number of aliphatic hydroxyl groups is 1. The maximum atomic E-state index is 13.6. The molecule has 4 aromatic heterocycles. The Hall–Kier alpha value is -3.08. The van der Waals surface area contributed by atoms with E-state index in [-0.39, 0.29) is 24.6 Å². The quantitative estimate of drug-likeness (QED) is 0.464. The third-order valence-corrected chi connectivity index (χ3v) is 7.78. The number of pyridine rings is 1. The van der Waals surface area contributed by atoms with Crippen LogP contribution in [0.5, 0.6) is 0 Å². The number of rotatable bonds is 4. The number of thiophene rings is 1. The summed E-state index contributed by atoms with van der Waals surface area (Å²) in [5.41, 5.74) is 2.88. The molecule has 2 N–H and O–H groups in total. The van der Waals surface area contributed by atoms with Crippen LogP contribution < -0.4 is 4.90 Å². The van der Waals surface area contributed by atoms with Crippen LogP contribution in [-0.2, 0) is 4.74 Å². The number of amides is 1. The molecule has 0 aromatic carbocycles. The van der Waals surface area contributed by atoms with E-state index in [1.807, 2.05) is 23.7 Å². The first-order chi connectivity index (χ1) is 16.7. The standard InChI is InChI=1S/C24H26N6O3S/c1-14-12-33-10-9-29(14)23-20-19(18(13-34-20)24(32)30-8-2-3-15(30)11-31)27-22(28-23)17-5-7-26-21-16(17)4-6-25-21/h4-7,13-15,31H,2-3,8-12H2,1H3,(H,25,26)/t14-,15+/m1/s1. The number of morpholine rings is 1. The summed E-state index contributed by atoms with van der Waals surface area (Å²) in [6.45, 7) is 4.74. The number of ether oxygens (including phenoxy) is 1. The Morgan fingerprint density at radius 3 is 3.09 bits per heavy atom. The van der Waals surface area contributed by atoms with Gasteiger partial charge in [0.25, 0.3) is 5.91 Å². The van der Waals surface area contributed by atoms with Crippen molar-refractivity contribution in [3.05, 3.63) is 35.5 Å². The average Bonchev–Trinajstić information content (AvgIpc) is 3.62. The molecule has 6 rings (SSSR count). The second kappa shape index (κ2) is 8.61. The van der Waals surface area contributed by atoms with Gasteiger partial charge in [-0.15, -0.1) is 11.3 Å². The molecule has 2 aliphatic rings. The number of anilines is 1. The zero-order chi connectivity index (χ0) is 23.2. The minimum atomic E-state index is -0.137. The zero-order valence-electron chi connectivity index (χ0n) is 18.9. The molecule has 10 heteroatoms. The van der Waals surface area contributed by atoms with E-state index in [2.05, 4.69) is 21.8 Å². The third-order valence-electron chi connectivity index (χ3n) is 6.82. The molecule has 2 atom stereocenters. The van der Waals surface area contributed by atoms with Crippen LogP contribution in [0.2, 0.25) is 0 Å². The highest BCUT2D eigenvalue weighted by Crippen LogP contribution is 2.37. The summed E-state index contributed by atoms with van der Waals surface area (Å²) in [6.07, 6.45) is 5.32. The molecular weight excluding hydrogens is 452 g/mol. The zero-order valence-corrected chi connectivity index (χ0v) is 19.7. The largest absolute Gasteiger partial charge is 0.394 e. The molecule has 0 bridgehead atoms. The van der Waals surface area contributed by atoms with Crippen LogP contribution in [0.1, 0.15) is 30.1 Å². The molecule has 4 aromatic rings. The predicted octanol–water partition coefficient (Wildman–Crippen LogP) is 3.06. The van der Waals surface area contributed by atoms with Crippen molar-refractivity contribution in [1.82, 2.24) is 24.8 Å². The van der Waals surface area contributed by atoms with Gasteiger partial charge in [-0.25, -0.2) is 15.0 Å². The third kappa shape index (κ3) is 3.44. The highest BCUT2D eigenvalue weighted by Gasteiger charge is 2.32. The monoisotopic (exact) mass is 478 g/mol. The number of hydrogen-bond acceptors (Lipinski definition) is 8. The number of H-pyrrole nitrogens is 1. The van der Waals surface area contributed by atoms with E-state index in [4.69, 9.17) is 14.7 Å². The Balaban J connectivity index is 1.55. The molecule has 6 heterocycles. The molecule has 0 spiro atoms. The van der Waals surface area contributed by atoms with Gasteiger partial charge in [-0.05, 0) is 31.9 Å². The van der Waals surface area contributed by atoms with Gasteiger partial charge in [0.15, 0.2) is 11.6 Å². The predicted molar refractivity (Wildman–Crippen MR) is 131 cm³/mol. The van der Waals surface area contributed by atoms with Gasteiger partial charge in [-0.3, -0.25) is 4.79 Å². The number of carbonyl (C=O) groups is 1. The number of nitrogens with zero attached hydrogens (tertiary/aromatic N) is 5. The van der Waals surface area contributed by atoms with E-state index < -0.39 is 0 Å². The first-order valence-corrected chi connectivity index (χ1v) is 12.5. The van der Waals surface area contributed by atoms with Crippen molar-refractivity contribution >= 4 is 44.3 Å². The van der Waals surface area contributed by atoms with E-state index >= 15 is 0 Å². The van der Waals surface area contributed by atoms with Gasteiger partial charge in [-0.2, -0.15) is 0 Å². The number of aliphatic hydroxyl groups excluding tert-OH is 1. The fourth-order valence-electron chi connectivity index (χ4n) is 5.02. The Bertz CT molecular complexity index is 1370. The van der Waals surface area contributed by atoms with Gasteiger partial charge in [0, 0.05) is 41.8 Å². The highest BCUT2D eigenvalue weighted by atomic mass is 32.1. The Morgan fingerprint density at radius 1 is 1.32 bits per heavy atom. The summed E-state index contributed by atoms with van der Waals surface area (Å²) < 4.78 is 6.57. The summed E-state index contributed by atoms with van der Waals surface area (Å²) in [5.74, 6) is 1.33. The fourth-order valence-corrected chi connectivity index (χ4v) is 6.00. The molecule has 0 aliphatic carbocycles. The van der Waals surface area contributed by atoms with Gasteiger partial charge >= 0.3 is 0 Å². The smallest absolute Gasteiger partial charge is 0.257 e. The minimum absolute atomic E-state index is 0.0208. The Morgan fingerprint density at radius 2 is 2.24 bits per heavy atom. The molecule has 2 fully saturated rings. The van der Waals surface area contributed by atoms with E-state index in [9.17, 15) is 9.90 Å². The molecule has 0 saturated carbocycles.